The Morgan fingerprint density at radius 3 is 2.31 bits per heavy atom. The number of aryl methyl sites for hydroxylation is 1. The van der Waals surface area contributed by atoms with E-state index in [1.54, 1.807) is 12.1 Å². The molecule has 0 atom stereocenters. The van der Waals surface area contributed by atoms with Gasteiger partial charge in [-0.25, -0.2) is 14.4 Å². The molecule has 0 aliphatic carbocycles. The number of benzene rings is 2. The van der Waals surface area contributed by atoms with Gasteiger partial charge in [0.25, 0.3) is 0 Å². The monoisotopic (exact) mass is 395 g/mol. The number of anilines is 3. The number of nitrogens with one attached hydrogen (secondary N) is 2. The van der Waals surface area contributed by atoms with Crippen molar-refractivity contribution in [1.29, 1.82) is 0 Å². The van der Waals surface area contributed by atoms with Crippen molar-refractivity contribution in [3.05, 3.63) is 81.9 Å². The summed E-state index contributed by atoms with van der Waals surface area (Å²) in [7, 11) is 0. The highest BCUT2D eigenvalue weighted by Gasteiger charge is 2.23. The van der Waals surface area contributed by atoms with Crippen molar-refractivity contribution in [2.24, 2.45) is 0 Å². The van der Waals surface area contributed by atoms with Crippen molar-refractivity contribution in [1.82, 2.24) is 9.97 Å². The third-order valence-electron chi connectivity index (χ3n) is 4.41. The lowest BCUT2D eigenvalue weighted by Crippen LogP contribution is -2.08. The van der Waals surface area contributed by atoms with Crippen LogP contribution in [0.1, 0.15) is 30.9 Å². The van der Waals surface area contributed by atoms with Crippen molar-refractivity contribution in [2.45, 2.75) is 32.7 Å². The molecular formula is C21H22FN5O2. The second-order valence-electron chi connectivity index (χ2n) is 6.58. The van der Waals surface area contributed by atoms with Crippen molar-refractivity contribution in [3.63, 3.8) is 0 Å². The molecular weight excluding hydrogens is 373 g/mol. The van der Waals surface area contributed by atoms with E-state index in [4.69, 9.17) is 0 Å². The minimum atomic E-state index is -0.523. The van der Waals surface area contributed by atoms with Gasteiger partial charge in [0.1, 0.15) is 12.1 Å². The molecule has 0 saturated carbocycles. The van der Waals surface area contributed by atoms with Gasteiger partial charge in [0.15, 0.2) is 0 Å². The van der Waals surface area contributed by atoms with E-state index in [0.29, 0.717) is 5.69 Å². The van der Waals surface area contributed by atoms with Gasteiger partial charge in [0.05, 0.1) is 4.92 Å². The number of halogens is 1. The van der Waals surface area contributed by atoms with E-state index < -0.39 is 4.92 Å². The predicted molar refractivity (Wildman–Crippen MR) is 111 cm³/mol. The predicted octanol–water partition coefficient (Wildman–Crippen LogP) is 5.22. The molecule has 0 amide bonds. The van der Waals surface area contributed by atoms with Crippen LogP contribution in [0.5, 0.6) is 0 Å². The summed E-state index contributed by atoms with van der Waals surface area (Å²) in [5.41, 5.74) is 2.45. The number of hydrogen-bond donors (Lipinski definition) is 2. The summed E-state index contributed by atoms with van der Waals surface area (Å²) < 4.78 is 13.0. The summed E-state index contributed by atoms with van der Waals surface area (Å²) >= 11 is 0. The molecule has 0 unspecified atom stereocenters. The molecule has 1 heterocycles. The lowest BCUT2D eigenvalue weighted by atomic mass is 10.1. The Morgan fingerprint density at radius 2 is 1.66 bits per heavy atom. The molecule has 150 valence electrons. The number of hydrogen-bond acceptors (Lipinski definition) is 6. The average molecular weight is 395 g/mol. The first-order chi connectivity index (χ1) is 14.1. The fourth-order valence-electron chi connectivity index (χ4n) is 2.83. The van der Waals surface area contributed by atoms with Crippen molar-refractivity contribution < 1.29 is 9.31 Å². The van der Waals surface area contributed by atoms with Gasteiger partial charge in [0, 0.05) is 12.2 Å². The van der Waals surface area contributed by atoms with Gasteiger partial charge >= 0.3 is 5.69 Å². The highest BCUT2D eigenvalue weighted by atomic mass is 19.1. The maximum atomic E-state index is 13.0. The Hall–Kier alpha value is -3.55. The first-order valence-corrected chi connectivity index (χ1v) is 9.40. The van der Waals surface area contributed by atoms with Gasteiger partial charge in [-0.2, -0.15) is 0 Å². The largest absolute Gasteiger partial charge is 0.360 e. The molecule has 8 heteroatoms. The summed E-state index contributed by atoms with van der Waals surface area (Å²) in [4.78, 5) is 19.2. The highest BCUT2D eigenvalue weighted by molar-refractivity contribution is 5.73. The molecule has 0 bridgehead atoms. The van der Waals surface area contributed by atoms with E-state index in [0.717, 1.165) is 24.8 Å². The molecule has 2 aromatic carbocycles. The molecule has 0 fully saturated rings. The van der Waals surface area contributed by atoms with E-state index in [1.165, 1.54) is 24.0 Å². The number of aromatic nitrogens is 2. The van der Waals surface area contributed by atoms with Gasteiger partial charge in [-0.05, 0) is 48.2 Å². The molecule has 0 saturated heterocycles. The van der Waals surface area contributed by atoms with Crippen LogP contribution in [0.4, 0.5) is 27.4 Å². The summed E-state index contributed by atoms with van der Waals surface area (Å²) in [6.07, 6.45) is 4.51. The van der Waals surface area contributed by atoms with Gasteiger partial charge in [-0.3, -0.25) is 10.1 Å². The molecule has 2 N–H and O–H groups in total. The smallest absolute Gasteiger partial charge is 0.353 e. The minimum Gasteiger partial charge on any atom is -0.360 e. The molecule has 0 spiro atoms. The Labute approximate surface area is 168 Å². The Bertz CT molecular complexity index is 962. The molecule has 0 aliphatic rings. The van der Waals surface area contributed by atoms with Crippen LogP contribution in [0.25, 0.3) is 0 Å². The third kappa shape index (κ3) is 5.47. The van der Waals surface area contributed by atoms with Crippen LogP contribution in [0.3, 0.4) is 0 Å². The zero-order valence-electron chi connectivity index (χ0n) is 16.1. The Morgan fingerprint density at radius 1 is 1.00 bits per heavy atom. The molecule has 7 nitrogen and oxygen atoms in total. The topological polar surface area (TPSA) is 93.0 Å². The lowest BCUT2D eigenvalue weighted by Gasteiger charge is -2.10. The quantitative estimate of drug-likeness (QED) is 0.381. The Kier molecular flexibility index (Phi) is 6.67. The van der Waals surface area contributed by atoms with Crippen LogP contribution < -0.4 is 10.6 Å². The summed E-state index contributed by atoms with van der Waals surface area (Å²) in [5.74, 6) is -0.140. The van der Waals surface area contributed by atoms with E-state index in [1.807, 2.05) is 24.3 Å². The van der Waals surface area contributed by atoms with E-state index >= 15 is 0 Å². The first-order valence-electron chi connectivity index (χ1n) is 9.40. The first kappa shape index (κ1) is 20.2. The fraction of sp³-hybridized carbons (Fsp3) is 0.238. The highest BCUT2D eigenvalue weighted by Crippen LogP contribution is 2.31. The number of nitrogens with zero attached hydrogens (tertiary/aromatic N) is 3. The zero-order chi connectivity index (χ0) is 20.6. The van der Waals surface area contributed by atoms with Crippen molar-refractivity contribution in [2.75, 3.05) is 10.6 Å². The van der Waals surface area contributed by atoms with Crippen molar-refractivity contribution in [3.8, 4) is 0 Å². The van der Waals surface area contributed by atoms with E-state index in [2.05, 4.69) is 27.5 Å². The van der Waals surface area contributed by atoms with Crippen LogP contribution in [0, 0.1) is 15.9 Å². The maximum Gasteiger partial charge on any atom is 0.353 e. The van der Waals surface area contributed by atoms with Gasteiger partial charge in [-0.1, -0.05) is 37.6 Å². The number of unbranched alkanes of at least 4 members (excludes halogenated alkanes) is 1. The zero-order valence-corrected chi connectivity index (χ0v) is 16.1. The molecule has 3 aromatic rings. The number of rotatable bonds is 9. The van der Waals surface area contributed by atoms with Gasteiger partial charge in [-0.15, -0.1) is 0 Å². The molecule has 0 radical (unpaired) electrons. The molecule has 3 rings (SSSR count). The molecule has 29 heavy (non-hydrogen) atoms. The SMILES string of the molecule is CCCCc1ccc(Nc2ncnc(NCc3ccc(F)cc3)c2[N+](=O)[O-])cc1. The van der Waals surface area contributed by atoms with E-state index in [-0.39, 0.29) is 29.7 Å². The van der Waals surface area contributed by atoms with Crippen LogP contribution in [0.15, 0.2) is 54.9 Å². The van der Waals surface area contributed by atoms with Gasteiger partial charge in [0.2, 0.25) is 11.6 Å². The van der Waals surface area contributed by atoms with Crippen LogP contribution in [-0.2, 0) is 13.0 Å². The molecule has 1 aromatic heterocycles. The second-order valence-corrected chi connectivity index (χ2v) is 6.58. The Balaban J connectivity index is 1.77. The third-order valence-corrected chi connectivity index (χ3v) is 4.41. The van der Waals surface area contributed by atoms with Crippen molar-refractivity contribution >= 4 is 23.0 Å². The average Bonchev–Trinajstić information content (AvgIpc) is 2.72. The summed E-state index contributed by atoms with van der Waals surface area (Å²) in [5, 5.41) is 17.6. The second kappa shape index (κ2) is 9.59. The molecule has 0 aliphatic heterocycles. The van der Waals surface area contributed by atoms with Crippen LogP contribution in [-0.4, -0.2) is 14.9 Å². The lowest BCUT2D eigenvalue weighted by molar-refractivity contribution is -0.383. The van der Waals surface area contributed by atoms with E-state index in [9.17, 15) is 14.5 Å². The van der Waals surface area contributed by atoms with Crippen LogP contribution >= 0.6 is 0 Å². The standard InChI is InChI=1S/C21H22FN5O2/c1-2-3-4-15-7-11-18(12-8-15)26-21-19(27(28)29)20(24-14-25-21)23-13-16-5-9-17(22)10-6-16/h5-12,14H,2-4,13H2,1H3,(H2,23,24,25,26). The summed E-state index contributed by atoms with van der Waals surface area (Å²) in [6.45, 7) is 2.41. The normalized spacial score (nSPS) is 10.6. The van der Waals surface area contributed by atoms with Gasteiger partial charge < -0.3 is 10.6 Å². The summed E-state index contributed by atoms with van der Waals surface area (Å²) in [6, 6.07) is 13.6. The minimum absolute atomic E-state index is 0.0939. The number of nitro groups is 1. The van der Waals surface area contributed by atoms with Crippen LogP contribution in [0.2, 0.25) is 0 Å². The maximum absolute atomic E-state index is 13.0. The fourth-order valence-corrected chi connectivity index (χ4v) is 2.83.